The molecule has 0 aromatic carbocycles. The number of aromatic nitrogens is 2. The van der Waals surface area contributed by atoms with Gasteiger partial charge in [0.15, 0.2) is 0 Å². The molecule has 1 aliphatic carbocycles. The smallest absolute Gasteiger partial charge is 0.310 e. The highest BCUT2D eigenvalue weighted by Crippen LogP contribution is 2.37. The van der Waals surface area contributed by atoms with E-state index in [0.29, 0.717) is 0 Å². The molecule has 0 atom stereocenters. The SMILES string of the molecule is CC(C)NCc1cnn(C2CCCC2)c1C(F)(F)F. The first-order chi connectivity index (χ1) is 8.89. The Labute approximate surface area is 111 Å². The van der Waals surface area contributed by atoms with Crippen molar-refractivity contribution >= 4 is 0 Å². The van der Waals surface area contributed by atoms with Gasteiger partial charge in [-0.3, -0.25) is 4.68 Å². The number of hydrogen-bond donors (Lipinski definition) is 1. The summed E-state index contributed by atoms with van der Waals surface area (Å²) >= 11 is 0. The Morgan fingerprint density at radius 3 is 2.53 bits per heavy atom. The maximum atomic E-state index is 13.2. The zero-order chi connectivity index (χ0) is 14.0. The third-order valence-electron chi connectivity index (χ3n) is 3.51. The van der Waals surface area contributed by atoms with Crippen LogP contribution in [-0.4, -0.2) is 15.8 Å². The van der Waals surface area contributed by atoms with E-state index in [0.717, 1.165) is 25.7 Å². The summed E-state index contributed by atoms with van der Waals surface area (Å²) in [6.45, 7) is 4.03. The molecular weight excluding hydrogens is 255 g/mol. The Kier molecular flexibility index (Phi) is 4.18. The minimum Gasteiger partial charge on any atom is -0.310 e. The fourth-order valence-corrected chi connectivity index (χ4v) is 2.58. The molecule has 0 spiro atoms. The van der Waals surface area contributed by atoms with E-state index < -0.39 is 11.9 Å². The van der Waals surface area contributed by atoms with Crippen LogP contribution in [-0.2, 0) is 12.7 Å². The van der Waals surface area contributed by atoms with Gasteiger partial charge >= 0.3 is 6.18 Å². The quantitative estimate of drug-likeness (QED) is 0.911. The second-order valence-electron chi connectivity index (χ2n) is 5.43. The first-order valence-corrected chi connectivity index (χ1v) is 6.76. The van der Waals surface area contributed by atoms with Crippen molar-refractivity contribution in [3.8, 4) is 0 Å². The summed E-state index contributed by atoms with van der Waals surface area (Å²) in [4.78, 5) is 0. The molecule has 0 aliphatic heterocycles. The van der Waals surface area contributed by atoms with E-state index in [9.17, 15) is 13.2 Å². The third kappa shape index (κ3) is 3.29. The first-order valence-electron chi connectivity index (χ1n) is 6.76. The zero-order valence-corrected chi connectivity index (χ0v) is 11.3. The summed E-state index contributed by atoms with van der Waals surface area (Å²) in [7, 11) is 0. The summed E-state index contributed by atoms with van der Waals surface area (Å²) < 4.78 is 40.9. The highest BCUT2D eigenvalue weighted by atomic mass is 19.4. The van der Waals surface area contributed by atoms with Crippen LogP contribution in [0, 0.1) is 0 Å². The molecule has 1 aliphatic rings. The fourth-order valence-electron chi connectivity index (χ4n) is 2.58. The third-order valence-corrected chi connectivity index (χ3v) is 3.51. The molecule has 3 nitrogen and oxygen atoms in total. The topological polar surface area (TPSA) is 29.9 Å². The van der Waals surface area contributed by atoms with Gasteiger partial charge in [0, 0.05) is 18.2 Å². The molecule has 19 heavy (non-hydrogen) atoms. The van der Waals surface area contributed by atoms with Crippen LogP contribution in [0.15, 0.2) is 6.20 Å². The van der Waals surface area contributed by atoms with Crippen LogP contribution >= 0.6 is 0 Å². The van der Waals surface area contributed by atoms with Crippen molar-refractivity contribution in [1.29, 1.82) is 0 Å². The molecule has 6 heteroatoms. The monoisotopic (exact) mass is 275 g/mol. The van der Waals surface area contributed by atoms with Gasteiger partial charge in [0.2, 0.25) is 0 Å². The molecule has 0 saturated heterocycles. The molecule has 0 bridgehead atoms. The van der Waals surface area contributed by atoms with Crippen molar-refractivity contribution < 1.29 is 13.2 Å². The average molecular weight is 275 g/mol. The van der Waals surface area contributed by atoms with Crippen molar-refractivity contribution in [2.45, 2.75) is 64.3 Å². The molecule has 108 valence electrons. The molecule has 1 heterocycles. The molecule has 2 rings (SSSR count). The van der Waals surface area contributed by atoms with Gasteiger partial charge in [-0.25, -0.2) is 0 Å². The van der Waals surface area contributed by atoms with Gasteiger partial charge in [-0.05, 0) is 12.8 Å². The first kappa shape index (κ1) is 14.4. The lowest BCUT2D eigenvalue weighted by molar-refractivity contribution is -0.145. The van der Waals surface area contributed by atoms with E-state index in [2.05, 4.69) is 10.4 Å². The Morgan fingerprint density at radius 2 is 2.00 bits per heavy atom. The minimum atomic E-state index is -4.34. The van der Waals surface area contributed by atoms with Crippen molar-refractivity contribution in [2.75, 3.05) is 0 Å². The van der Waals surface area contributed by atoms with Crippen LogP contribution < -0.4 is 5.32 Å². The summed E-state index contributed by atoms with van der Waals surface area (Å²) in [5.41, 5.74) is -0.333. The maximum absolute atomic E-state index is 13.2. The van der Waals surface area contributed by atoms with Crippen LogP contribution in [0.1, 0.15) is 56.8 Å². The number of alkyl halides is 3. The molecule has 1 saturated carbocycles. The van der Waals surface area contributed by atoms with Crippen molar-refractivity contribution in [3.05, 3.63) is 17.5 Å². The minimum absolute atomic E-state index is 0.0931. The number of halogens is 3. The molecule has 1 aromatic heterocycles. The summed E-state index contributed by atoms with van der Waals surface area (Å²) in [5, 5.41) is 7.02. The molecular formula is C13H20F3N3. The highest BCUT2D eigenvalue weighted by molar-refractivity contribution is 5.21. The van der Waals surface area contributed by atoms with Crippen molar-refractivity contribution in [1.82, 2.24) is 15.1 Å². The van der Waals surface area contributed by atoms with Gasteiger partial charge in [0.1, 0.15) is 5.69 Å². The van der Waals surface area contributed by atoms with Gasteiger partial charge in [0.05, 0.1) is 12.2 Å². The van der Waals surface area contributed by atoms with Crippen molar-refractivity contribution in [2.24, 2.45) is 0 Å². The van der Waals surface area contributed by atoms with E-state index >= 15 is 0 Å². The van der Waals surface area contributed by atoms with Crippen molar-refractivity contribution in [3.63, 3.8) is 0 Å². The van der Waals surface area contributed by atoms with E-state index in [1.165, 1.54) is 10.9 Å². The molecule has 0 unspecified atom stereocenters. The normalized spacial score (nSPS) is 17.6. The van der Waals surface area contributed by atoms with Crippen LogP contribution in [0.4, 0.5) is 13.2 Å². The van der Waals surface area contributed by atoms with Crippen LogP contribution in [0.3, 0.4) is 0 Å². The molecule has 0 amide bonds. The Morgan fingerprint density at radius 1 is 1.37 bits per heavy atom. The van der Waals surface area contributed by atoms with Gasteiger partial charge in [-0.2, -0.15) is 18.3 Å². The second kappa shape index (κ2) is 5.53. The largest absolute Gasteiger partial charge is 0.433 e. The van der Waals surface area contributed by atoms with Gasteiger partial charge in [-0.1, -0.05) is 26.7 Å². The lowest BCUT2D eigenvalue weighted by Gasteiger charge is -2.18. The second-order valence-corrected chi connectivity index (χ2v) is 5.43. The van der Waals surface area contributed by atoms with Crippen LogP contribution in [0.5, 0.6) is 0 Å². The Hall–Kier alpha value is -1.04. The highest BCUT2D eigenvalue weighted by Gasteiger charge is 2.39. The van der Waals surface area contributed by atoms with E-state index in [-0.39, 0.29) is 24.2 Å². The summed E-state index contributed by atoms with van der Waals surface area (Å²) in [6, 6.07) is 0.0559. The van der Waals surface area contributed by atoms with Gasteiger partial charge in [0.25, 0.3) is 0 Å². The molecule has 1 N–H and O–H groups in total. The molecule has 1 fully saturated rings. The van der Waals surface area contributed by atoms with E-state index in [1.807, 2.05) is 13.8 Å². The lowest BCUT2D eigenvalue weighted by atomic mass is 10.2. The van der Waals surface area contributed by atoms with Crippen LogP contribution in [0.25, 0.3) is 0 Å². The van der Waals surface area contributed by atoms with Gasteiger partial charge in [-0.15, -0.1) is 0 Å². The maximum Gasteiger partial charge on any atom is 0.433 e. The summed E-state index contributed by atoms with van der Waals surface area (Å²) in [5.74, 6) is 0. The fraction of sp³-hybridized carbons (Fsp3) is 0.769. The van der Waals surface area contributed by atoms with E-state index in [4.69, 9.17) is 0 Å². The number of nitrogens with zero attached hydrogens (tertiary/aromatic N) is 2. The Balaban J connectivity index is 2.28. The molecule has 1 aromatic rings. The zero-order valence-electron chi connectivity index (χ0n) is 11.3. The lowest BCUT2D eigenvalue weighted by Crippen LogP contribution is -2.25. The number of rotatable bonds is 4. The number of hydrogen-bond acceptors (Lipinski definition) is 2. The summed E-state index contributed by atoms with van der Waals surface area (Å²) in [6.07, 6.45) is 0.579. The average Bonchev–Trinajstić information content (AvgIpc) is 2.93. The Bertz CT molecular complexity index is 417. The predicted octanol–water partition coefficient (Wildman–Crippen LogP) is 3.52. The van der Waals surface area contributed by atoms with E-state index in [1.54, 1.807) is 0 Å². The predicted molar refractivity (Wildman–Crippen MR) is 66.7 cm³/mol. The molecule has 0 radical (unpaired) electrons. The number of nitrogens with one attached hydrogen (secondary N) is 1. The standard InChI is InChI=1S/C13H20F3N3/c1-9(2)17-7-10-8-18-19(11-5-3-4-6-11)12(10)13(14,15)16/h8-9,11,17H,3-7H2,1-2H3. The van der Waals surface area contributed by atoms with Crippen LogP contribution in [0.2, 0.25) is 0 Å². The van der Waals surface area contributed by atoms with Gasteiger partial charge < -0.3 is 5.32 Å².